The number of methoxy groups -OCH3 is 1. The van der Waals surface area contributed by atoms with Gasteiger partial charge in [-0.3, -0.25) is 9.52 Å². The molecule has 1 aliphatic rings. The number of carbonyl (C=O) groups excluding carboxylic acids is 1. The number of ether oxygens (including phenoxy) is 1. The first-order valence-electron chi connectivity index (χ1n) is 9.84. The van der Waals surface area contributed by atoms with Crippen molar-refractivity contribution in [1.82, 2.24) is 10.3 Å². The molecule has 3 rings (SSSR count). The number of hydrogen-bond acceptors (Lipinski definition) is 6. The highest BCUT2D eigenvalue weighted by molar-refractivity contribution is 7.93. The van der Waals surface area contributed by atoms with Crippen molar-refractivity contribution in [3.63, 3.8) is 0 Å². The smallest absolute Gasteiger partial charge is 0.263 e. The van der Waals surface area contributed by atoms with Gasteiger partial charge in [0.25, 0.3) is 10.0 Å². The van der Waals surface area contributed by atoms with E-state index in [1.165, 1.54) is 62.7 Å². The number of anilines is 1. The first kappa shape index (κ1) is 21.6. The van der Waals surface area contributed by atoms with Crippen LogP contribution in [0.4, 0.5) is 5.13 Å². The topological polar surface area (TPSA) is 97.4 Å². The highest BCUT2D eigenvalue weighted by Gasteiger charge is 2.17. The Kier molecular flexibility index (Phi) is 7.49. The zero-order chi connectivity index (χ0) is 20.7. The third-order valence-corrected chi connectivity index (χ3v) is 7.35. The van der Waals surface area contributed by atoms with Crippen LogP contribution < -0.4 is 14.8 Å². The van der Waals surface area contributed by atoms with Gasteiger partial charge < -0.3 is 10.1 Å². The van der Waals surface area contributed by atoms with Gasteiger partial charge in [-0.2, -0.15) is 0 Å². The van der Waals surface area contributed by atoms with Crippen LogP contribution in [0.2, 0.25) is 0 Å². The Hall–Kier alpha value is -2.13. The molecule has 2 N–H and O–H groups in total. The number of thiazole rings is 1. The average Bonchev–Trinajstić information content (AvgIpc) is 3.18. The summed E-state index contributed by atoms with van der Waals surface area (Å²) < 4.78 is 32.5. The quantitative estimate of drug-likeness (QED) is 0.625. The number of sulfonamides is 1. The summed E-state index contributed by atoms with van der Waals surface area (Å²) in [4.78, 5) is 16.5. The molecule has 1 amide bonds. The molecular weight excluding hydrogens is 410 g/mol. The second kappa shape index (κ2) is 10.1. The largest absolute Gasteiger partial charge is 0.497 e. The van der Waals surface area contributed by atoms with Gasteiger partial charge in [-0.15, -0.1) is 11.3 Å². The zero-order valence-electron chi connectivity index (χ0n) is 16.5. The molecule has 0 bridgehead atoms. The number of aromatic nitrogens is 1. The monoisotopic (exact) mass is 437 g/mol. The fourth-order valence-electron chi connectivity index (χ4n) is 3.38. The molecule has 9 heteroatoms. The first-order valence-corrected chi connectivity index (χ1v) is 12.2. The van der Waals surface area contributed by atoms with Gasteiger partial charge in [0.1, 0.15) is 5.75 Å². The number of rotatable bonds is 9. The van der Waals surface area contributed by atoms with Crippen LogP contribution in [-0.2, 0) is 21.2 Å². The van der Waals surface area contributed by atoms with E-state index in [1.54, 1.807) is 17.5 Å². The van der Waals surface area contributed by atoms with Crippen molar-refractivity contribution in [3.8, 4) is 5.75 Å². The highest BCUT2D eigenvalue weighted by atomic mass is 32.2. The number of nitrogens with zero attached hydrogens (tertiary/aromatic N) is 1. The maximum absolute atomic E-state index is 12.5. The number of carbonyl (C=O) groups is 1. The Morgan fingerprint density at radius 3 is 2.62 bits per heavy atom. The van der Waals surface area contributed by atoms with E-state index in [9.17, 15) is 13.2 Å². The molecule has 7 nitrogen and oxygen atoms in total. The minimum Gasteiger partial charge on any atom is -0.497 e. The number of benzene rings is 1. The summed E-state index contributed by atoms with van der Waals surface area (Å²) in [5, 5.41) is 5.08. The average molecular weight is 438 g/mol. The van der Waals surface area contributed by atoms with Crippen molar-refractivity contribution in [3.05, 3.63) is 35.3 Å². The lowest BCUT2D eigenvalue weighted by Crippen LogP contribution is -2.30. The van der Waals surface area contributed by atoms with Gasteiger partial charge in [-0.25, -0.2) is 13.4 Å². The molecule has 0 atom stereocenters. The van der Waals surface area contributed by atoms with Gasteiger partial charge in [0, 0.05) is 18.3 Å². The molecule has 0 unspecified atom stereocenters. The molecule has 158 valence electrons. The van der Waals surface area contributed by atoms with Crippen molar-refractivity contribution in [1.29, 1.82) is 0 Å². The van der Waals surface area contributed by atoms with Crippen LogP contribution in [0.3, 0.4) is 0 Å². The summed E-state index contributed by atoms with van der Waals surface area (Å²) in [6.45, 7) is 0.753. The van der Waals surface area contributed by atoms with Gasteiger partial charge in [0.05, 0.1) is 17.7 Å². The molecule has 0 radical (unpaired) electrons. The van der Waals surface area contributed by atoms with E-state index < -0.39 is 10.0 Å². The lowest BCUT2D eigenvalue weighted by atomic mass is 9.89. The molecule has 0 spiro atoms. The van der Waals surface area contributed by atoms with Crippen LogP contribution in [0.1, 0.15) is 44.2 Å². The Morgan fingerprint density at radius 1 is 1.21 bits per heavy atom. The molecule has 1 aromatic heterocycles. The second-order valence-corrected chi connectivity index (χ2v) is 9.77. The van der Waals surface area contributed by atoms with E-state index in [1.807, 2.05) is 0 Å². The molecule has 1 fully saturated rings. The number of aryl methyl sites for hydroxylation is 1. The van der Waals surface area contributed by atoms with Gasteiger partial charge in [0.15, 0.2) is 5.13 Å². The first-order chi connectivity index (χ1) is 14.0. The Balaban J connectivity index is 1.47. The number of hydrogen-bond donors (Lipinski definition) is 2. The Bertz CT molecular complexity index is 904. The molecule has 1 aliphatic carbocycles. The van der Waals surface area contributed by atoms with Crippen molar-refractivity contribution in [2.45, 2.75) is 49.8 Å². The standard InChI is InChI=1S/C20H27N3O4S2/c1-27-17-8-10-18(11-9-17)29(25,26)23-20-22-16(14-28-20)7-12-19(24)21-13-15-5-3-2-4-6-15/h8-11,14-15H,2-7,12-13H2,1H3,(H,21,24)(H,22,23). The lowest BCUT2D eigenvalue weighted by molar-refractivity contribution is -0.121. The fraction of sp³-hybridized carbons (Fsp3) is 0.500. The fourth-order valence-corrected chi connectivity index (χ4v) is 5.37. The third kappa shape index (κ3) is 6.43. The van der Waals surface area contributed by atoms with Crippen LogP contribution in [0.15, 0.2) is 34.5 Å². The molecule has 1 aromatic carbocycles. The third-order valence-electron chi connectivity index (χ3n) is 5.06. The van der Waals surface area contributed by atoms with Crippen LogP contribution in [-0.4, -0.2) is 33.0 Å². The molecule has 0 aliphatic heterocycles. The molecule has 1 heterocycles. The van der Waals surface area contributed by atoms with Crippen LogP contribution >= 0.6 is 11.3 Å². The van der Waals surface area contributed by atoms with Gasteiger partial charge in [-0.05, 0) is 49.4 Å². The van der Waals surface area contributed by atoms with Gasteiger partial charge in [0.2, 0.25) is 5.91 Å². The van der Waals surface area contributed by atoms with E-state index in [2.05, 4.69) is 15.0 Å². The normalized spacial score (nSPS) is 15.1. The van der Waals surface area contributed by atoms with Crippen LogP contribution in [0.25, 0.3) is 0 Å². The summed E-state index contributed by atoms with van der Waals surface area (Å²) >= 11 is 1.21. The number of amides is 1. The lowest BCUT2D eigenvalue weighted by Gasteiger charge is -2.21. The van der Waals surface area contributed by atoms with Crippen molar-refractivity contribution < 1.29 is 17.9 Å². The highest BCUT2D eigenvalue weighted by Crippen LogP contribution is 2.23. The van der Waals surface area contributed by atoms with Crippen molar-refractivity contribution in [2.75, 3.05) is 18.4 Å². The number of nitrogens with one attached hydrogen (secondary N) is 2. The SMILES string of the molecule is COc1ccc(S(=O)(=O)Nc2nc(CCC(=O)NCC3CCCCC3)cs2)cc1. The molecular formula is C20H27N3O4S2. The molecule has 0 saturated heterocycles. The maximum atomic E-state index is 12.5. The van der Waals surface area contributed by atoms with Crippen LogP contribution in [0.5, 0.6) is 5.75 Å². The predicted octanol–water partition coefficient (Wildman–Crippen LogP) is 3.58. The summed E-state index contributed by atoms with van der Waals surface area (Å²) in [5.41, 5.74) is 0.704. The Labute approximate surface area is 175 Å². The summed E-state index contributed by atoms with van der Waals surface area (Å²) in [5.74, 6) is 1.21. The zero-order valence-corrected chi connectivity index (χ0v) is 18.2. The van der Waals surface area contributed by atoms with E-state index >= 15 is 0 Å². The molecule has 2 aromatic rings. The van der Waals surface area contributed by atoms with Gasteiger partial charge >= 0.3 is 0 Å². The van der Waals surface area contributed by atoms with Crippen LogP contribution in [0, 0.1) is 5.92 Å². The predicted molar refractivity (Wildman–Crippen MR) is 114 cm³/mol. The Morgan fingerprint density at radius 2 is 1.93 bits per heavy atom. The van der Waals surface area contributed by atoms with E-state index in [4.69, 9.17) is 4.74 Å². The van der Waals surface area contributed by atoms with E-state index in [0.717, 1.165) is 6.54 Å². The molecule has 1 saturated carbocycles. The minimum absolute atomic E-state index is 0.0175. The maximum Gasteiger partial charge on any atom is 0.263 e. The summed E-state index contributed by atoms with van der Waals surface area (Å²) in [7, 11) is -2.19. The summed E-state index contributed by atoms with van der Waals surface area (Å²) in [6.07, 6.45) is 7.05. The van der Waals surface area contributed by atoms with Crippen molar-refractivity contribution in [2.24, 2.45) is 5.92 Å². The van der Waals surface area contributed by atoms with E-state index in [0.29, 0.717) is 35.3 Å². The minimum atomic E-state index is -3.71. The van der Waals surface area contributed by atoms with Crippen molar-refractivity contribution >= 4 is 32.4 Å². The summed E-state index contributed by atoms with van der Waals surface area (Å²) in [6, 6.07) is 6.14. The molecule has 29 heavy (non-hydrogen) atoms. The van der Waals surface area contributed by atoms with Gasteiger partial charge in [-0.1, -0.05) is 19.3 Å². The van der Waals surface area contributed by atoms with E-state index in [-0.39, 0.29) is 10.8 Å². The second-order valence-electron chi connectivity index (χ2n) is 7.23.